The Morgan fingerprint density at radius 1 is 1.32 bits per heavy atom. The minimum Gasteiger partial charge on any atom is -0.356 e. The van der Waals surface area contributed by atoms with Crippen molar-refractivity contribution in [1.82, 2.24) is 15.0 Å². The molecule has 0 aliphatic carbocycles. The number of fused-ring (bicyclic) bond motifs is 1. The molecule has 126 valence electrons. The van der Waals surface area contributed by atoms with Gasteiger partial charge in [-0.05, 0) is 24.8 Å². The first-order chi connectivity index (χ1) is 12.2. The number of aromatic nitrogens is 3. The van der Waals surface area contributed by atoms with Gasteiger partial charge in [-0.25, -0.2) is 14.4 Å². The van der Waals surface area contributed by atoms with Crippen molar-refractivity contribution >= 4 is 16.9 Å². The van der Waals surface area contributed by atoms with Gasteiger partial charge in [0.2, 0.25) is 0 Å². The van der Waals surface area contributed by atoms with Gasteiger partial charge in [-0.2, -0.15) is 5.26 Å². The Bertz CT molecular complexity index is 972. The third kappa shape index (κ3) is 2.62. The zero-order valence-electron chi connectivity index (χ0n) is 14.0. The predicted molar refractivity (Wildman–Crippen MR) is 94.6 cm³/mol. The van der Waals surface area contributed by atoms with E-state index in [2.05, 4.69) is 26.8 Å². The van der Waals surface area contributed by atoms with Gasteiger partial charge in [0.1, 0.15) is 29.7 Å². The van der Waals surface area contributed by atoms with Crippen LogP contribution in [0.3, 0.4) is 0 Å². The molecular formula is C19H18FN5. The first kappa shape index (κ1) is 15.6. The lowest BCUT2D eigenvalue weighted by Crippen LogP contribution is -2.35. The highest BCUT2D eigenvalue weighted by atomic mass is 19.1. The van der Waals surface area contributed by atoms with Crippen LogP contribution in [0.5, 0.6) is 0 Å². The Morgan fingerprint density at radius 3 is 3.00 bits per heavy atom. The third-order valence-corrected chi connectivity index (χ3v) is 4.82. The van der Waals surface area contributed by atoms with Gasteiger partial charge in [-0.3, -0.25) is 0 Å². The number of halogens is 1. The summed E-state index contributed by atoms with van der Waals surface area (Å²) < 4.78 is 14.7. The van der Waals surface area contributed by atoms with Gasteiger partial charge in [0.15, 0.2) is 0 Å². The molecule has 0 bridgehead atoms. The van der Waals surface area contributed by atoms with Crippen LogP contribution < -0.4 is 4.90 Å². The van der Waals surface area contributed by atoms with Gasteiger partial charge in [0, 0.05) is 30.4 Å². The molecule has 0 amide bonds. The number of aromatic amines is 1. The number of nitriles is 1. The second-order valence-corrected chi connectivity index (χ2v) is 6.60. The summed E-state index contributed by atoms with van der Waals surface area (Å²) in [6, 6.07) is 6.77. The van der Waals surface area contributed by atoms with E-state index in [4.69, 9.17) is 5.26 Å². The fraction of sp³-hybridized carbons (Fsp3) is 0.316. The van der Waals surface area contributed by atoms with E-state index in [-0.39, 0.29) is 5.56 Å². The van der Waals surface area contributed by atoms with Crippen LogP contribution in [0, 0.1) is 23.1 Å². The minimum absolute atomic E-state index is 0.0387. The van der Waals surface area contributed by atoms with Gasteiger partial charge >= 0.3 is 0 Å². The zero-order chi connectivity index (χ0) is 17.4. The quantitative estimate of drug-likeness (QED) is 0.772. The Labute approximate surface area is 145 Å². The van der Waals surface area contributed by atoms with Gasteiger partial charge in [-0.15, -0.1) is 0 Å². The number of anilines is 1. The summed E-state index contributed by atoms with van der Waals surface area (Å²) in [7, 11) is 0. The largest absolute Gasteiger partial charge is 0.356 e. The lowest BCUT2D eigenvalue weighted by Gasteiger charge is -2.32. The molecule has 0 radical (unpaired) electrons. The number of hydrogen-bond donors (Lipinski definition) is 1. The summed E-state index contributed by atoms with van der Waals surface area (Å²) in [5, 5.41) is 9.92. The van der Waals surface area contributed by atoms with E-state index in [0.717, 1.165) is 30.7 Å². The number of nitrogens with zero attached hydrogens (tertiary/aromatic N) is 4. The molecule has 5 nitrogen and oxygen atoms in total. The fourth-order valence-electron chi connectivity index (χ4n) is 3.61. The van der Waals surface area contributed by atoms with E-state index in [0.29, 0.717) is 22.7 Å². The maximum absolute atomic E-state index is 14.7. The molecule has 0 saturated carbocycles. The van der Waals surface area contributed by atoms with Gasteiger partial charge in [-0.1, -0.05) is 19.1 Å². The third-order valence-electron chi connectivity index (χ3n) is 4.82. The normalized spacial score (nSPS) is 17.6. The average Bonchev–Trinajstić information content (AvgIpc) is 3.06. The molecule has 1 N–H and O–H groups in total. The smallest absolute Gasteiger partial charge is 0.148 e. The minimum atomic E-state index is -0.507. The number of H-pyrrole nitrogens is 1. The topological polar surface area (TPSA) is 68.6 Å². The lowest BCUT2D eigenvalue weighted by molar-refractivity contribution is 0.445. The monoisotopic (exact) mass is 335 g/mol. The molecule has 1 aromatic carbocycles. The Kier molecular flexibility index (Phi) is 3.85. The second-order valence-electron chi connectivity index (χ2n) is 6.60. The molecule has 6 heteroatoms. The summed E-state index contributed by atoms with van der Waals surface area (Å²) in [5.41, 5.74) is 1.81. The predicted octanol–water partition coefficient (Wildman–Crippen LogP) is 3.87. The molecule has 2 aromatic heterocycles. The highest BCUT2D eigenvalue weighted by molar-refractivity contribution is 6.01. The second kappa shape index (κ2) is 6.17. The molecule has 0 unspecified atom stereocenters. The van der Waals surface area contributed by atoms with E-state index >= 15 is 0 Å². The van der Waals surface area contributed by atoms with E-state index in [9.17, 15) is 4.39 Å². The molecule has 1 atom stereocenters. The Balaban J connectivity index is 1.91. The molecule has 1 saturated heterocycles. The van der Waals surface area contributed by atoms with Crippen LogP contribution in [-0.2, 0) is 0 Å². The van der Waals surface area contributed by atoms with Crippen molar-refractivity contribution in [3.8, 4) is 17.2 Å². The highest BCUT2D eigenvalue weighted by Gasteiger charge is 2.23. The zero-order valence-corrected chi connectivity index (χ0v) is 14.0. The lowest BCUT2D eigenvalue weighted by atomic mass is 9.99. The average molecular weight is 335 g/mol. The molecule has 3 aromatic rings. The first-order valence-corrected chi connectivity index (χ1v) is 8.45. The standard InChI is InChI=1S/C19H18FN5/c1-12-4-3-7-25(10-12)19-16-15(9-22-18(16)23-11-24-19)14-6-2-5-13(8-21)17(14)20/h2,5-6,9,11-12H,3-4,7,10H2,1H3,(H,22,23,24)/t12-/m0/s1. The van der Waals surface area contributed by atoms with Crippen LogP contribution in [0.25, 0.3) is 22.2 Å². The number of piperidine rings is 1. The SMILES string of the molecule is C[C@H]1CCCN(c2ncnc3[nH]cc(-c4cccc(C#N)c4F)c23)C1. The summed E-state index contributed by atoms with van der Waals surface area (Å²) in [6.07, 6.45) is 5.61. The summed E-state index contributed by atoms with van der Waals surface area (Å²) >= 11 is 0. The van der Waals surface area contributed by atoms with Crippen molar-refractivity contribution in [2.24, 2.45) is 5.92 Å². The van der Waals surface area contributed by atoms with Crippen molar-refractivity contribution in [3.05, 3.63) is 42.1 Å². The Hall–Kier alpha value is -2.94. The summed E-state index contributed by atoms with van der Waals surface area (Å²) in [4.78, 5) is 14.2. The summed E-state index contributed by atoms with van der Waals surface area (Å²) in [6.45, 7) is 4.10. The van der Waals surface area contributed by atoms with Gasteiger partial charge < -0.3 is 9.88 Å². The van der Waals surface area contributed by atoms with E-state index in [1.165, 1.54) is 12.5 Å². The van der Waals surface area contributed by atoms with Crippen molar-refractivity contribution in [2.75, 3.05) is 18.0 Å². The van der Waals surface area contributed by atoms with Crippen molar-refractivity contribution in [1.29, 1.82) is 5.26 Å². The molecule has 4 rings (SSSR count). The molecular weight excluding hydrogens is 317 g/mol. The molecule has 3 heterocycles. The van der Waals surface area contributed by atoms with Crippen molar-refractivity contribution in [3.63, 3.8) is 0 Å². The molecule has 1 fully saturated rings. The van der Waals surface area contributed by atoms with Crippen molar-refractivity contribution < 1.29 is 4.39 Å². The number of hydrogen-bond acceptors (Lipinski definition) is 4. The van der Waals surface area contributed by atoms with Crippen LogP contribution in [-0.4, -0.2) is 28.0 Å². The molecule has 1 aliphatic rings. The molecule has 0 spiro atoms. The fourth-order valence-corrected chi connectivity index (χ4v) is 3.61. The van der Waals surface area contributed by atoms with Crippen LogP contribution in [0.2, 0.25) is 0 Å². The molecule has 1 aliphatic heterocycles. The first-order valence-electron chi connectivity index (χ1n) is 8.45. The van der Waals surface area contributed by atoms with Gasteiger partial charge in [0.25, 0.3) is 0 Å². The maximum Gasteiger partial charge on any atom is 0.148 e. The van der Waals surface area contributed by atoms with Gasteiger partial charge in [0.05, 0.1) is 10.9 Å². The van der Waals surface area contributed by atoms with Crippen molar-refractivity contribution in [2.45, 2.75) is 19.8 Å². The maximum atomic E-state index is 14.7. The summed E-state index contributed by atoms with van der Waals surface area (Å²) in [5.74, 6) is 0.919. The van der Waals surface area contributed by atoms with Crippen LogP contribution in [0.4, 0.5) is 10.2 Å². The van der Waals surface area contributed by atoms with Crippen LogP contribution >= 0.6 is 0 Å². The Morgan fingerprint density at radius 2 is 2.20 bits per heavy atom. The van der Waals surface area contributed by atoms with E-state index < -0.39 is 5.82 Å². The highest BCUT2D eigenvalue weighted by Crippen LogP contribution is 2.36. The number of benzene rings is 1. The molecule has 25 heavy (non-hydrogen) atoms. The van der Waals surface area contributed by atoms with E-state index in [1.807, 2.05) is 6.07 Å². The van der Waals surface area contributed by atoms with E-state index in [1.54, 1.807) is 24.7 Å². The number of rotatable bonds is 2. The number of nitrogens with one attached hydrogen (secondary N) is 1. The van der Waals surface area contributed by atoms with Crippen LogP contribution in [0.15, 0.2) is 30.7 Å². The van der Waals surface area contributed by atoms with Crippen LogP contribution in [0.1, 0.15) is 25.3 Å².